The number of hydrogen-bond acceptors (Lipinski definition) is 4. The Balaban J connectivity index is 2.25. The fourth-order valence-electron chi connectivity index (χ4n) is 4.00. The molecule has 4 bridgehead atoms. The summed E-state index contributed by atoms with van der Waals surface area (Å²) in [7, 11) is 3.13. The normalized spacial score (nSPS) is 51.9. The van der Waals surface area contributed by atoms with E-state index >= 15 is 0 Å². The summed E-state index contributed by atoms with van der Waals surface area (Å²) in [6.07, 6.45) is 1.97. The molecule has 0 aromatic carbocycles. The van der Waals surface area contributed by atoms with E-state index < -0.39 is 11.4 Å². The number of rotatable bonds is 2. The highest BCUT2D eigenvalue weighted by Gasteiger charge is 2.72. The minimum absolute atomic E-state index is 0.0482. The smallest absolute Gasteiger partial charge is 0.239 e. The summed E-state index contributed by atoms with van der Waals surface area (Å²) in [5.41, 5.74) is 0.282. The van der Waals surface area contributed by atoms with Gasteiger partial charge >= 0.3 is 0 Å². The van der Waals surface area contributed by atoms with Gasteiger partial charge in [-0.1, -0.05) is 12.5 Å². The Morgan fingerprint density at radius 1 is 1.41 bits per heavy atom. The maximum atomic E-state index is 12.7. The Bertz CT molecular complexity index is 416. The van der Waals surface area contributed by atoms with Crippen molar-refractivity contribution < 1.29 is 19.0 Å². The lowest BCUT2D eigenvalue weighted by Crippen LogP contribution is -2.68. The largest absolute Gasteiger partial charge is 0.366 e. The van der Waals surface area contributed by atoms with Crippen LogP contribution in [-0.2, 0) is 19.0 Å². The van der Waals surface area contributed by atoms with E-state index in [9.17, 15) is 4.79 Å². The second kappa shape index (κ2) is 3.19. The van der Waals surface area contributed by atoms with Crippen LogP contribution in [0.3, 0.4) is 0 Å². The summed E-state index contributed by atoms with van der Waals surface area (Å²) in [6.45, 7) is 4.67. The van der Waals surface area contributed by atoms with Crippen molar-refractivity contribution in [2.24, 2.45) is 17.8 Å². The number of methoxy groups -OCH3 is 2. The highest BCUT2D eigenvalue weighted by Crippen LogP contribution is 2.59. The second-order valence-electron chi connectivity index (χ2n) is 5.33. The molecule has 1 aliphatic heterocycles. The molecule has 1 saturated carbocycles. The molecule has 4 nitrogen and oxygen atoms in total. The molecule has 3 aliphatic carbocycles. The van der Waals surface area contributed by atoms with E-state index in [1.54, 1.807) is 14.2 Å². The van der Waals surface area contributed by atoms with Crippen LogP contribution in [0.15, 0.2) is 11.6 Å². The molecule has 1 heterocycles. The molecule has 1 saturated heterocycles. The molecule has 4 aliphatic rings. The van der Waals surface area contributed by atoms with Crippen LogP contribution in [0.4, 0.5) is 0 Å². The van der Waals surface area contributed by atoms with Crippen molar-refractivity contribution in [3.63, 3.8) is 0 Å². The number of Topliss-reactive ketones (excluding diaryl/α,β-unsaturated/α-hetero) is 1. The molecule has 94 valence electrons. The van der Waals surface area contributed by atoms with E-state index in [0.29, 0.717) is 12.5 Å². The maximum absolute atomic E-state index is 12.7. The summed E-state index contributed by atoms with van der Waals surface area (Å²) < 4.78 is 16.8. The van der Waals surface area contributed by atoms with Crippen LogP contribution in [0.5, 0.6) is 0 Å². The van der Waals surface area contributed by atoms with Gasteiger partial charge in [-0.05, 0) is 13.0 Å². The summed E-state index contributed by atoms with van der Waals surface area (Å²) in [5, 5.41) is 0. The molecule has 0 spiro atoms. The van der Waals surface area contributed by atoms with Gasteiger partial charge in [0.1, 0.15) is 0 Å². The predicted molar refractivity (Wildman–Crippen MR) is 60.3 cm³/mol. The summed E-state index contributed by atoms with van der Waals surface area (Å²) >= 11 is 0. The first-order chi connectivity index (χ1) is 8.03. The number of carbonyl (C=O) groups is 1. The standard InChI is InChI=1S/C13H18O4/c1-7-5-12(15-3)8(2)9-6-17-13(16-4,10(7)9)11(12)14/h5,8-10H,6H2,1-4H3. The molecule has 4 rings (SSSR count). The molecule has 17 heavy (non-hydrogen) atoms. The second-order valence-corrected chi connectivity index (χ2v) is 5.33. The lowest BCUT2D eigenvalue weighted by Gasteiger charge is -2.53. The lowest BCUT2D eigenvalue weighted by atomic mass is 9.56. The van der Waals surface area contributed by atoms with E-state index in [2.05, 4.69) is 6.92 Å². The van der Waals surface area contributed by atoms with Crippen molar-refractivity contribution in [1.82, 2.24) is 0 Å². The third kappa shape index (κ3) is 0.988. The van der Waals surface area contributed by atoms with Crippen molar-refractivity contribution in [2.75, 3.05) is 20.8 Å². The number of ether oxygens (including phenoxy) is 3. The average molecular weight is 238 g/mol. The Morgan fingerprint density at radius 3 is 2.71 bits per heavy atom. The van der Waals surface area contributed by atoms with E-state index in [0.717, 1.165) is 5.57 Å². The zero-order chi connectivity index (χ0) is 12.4. The Morgan fingerprint density at radius 2 is 2.12 bits per heavy atom. The van der Waals surface area contributed by atoms with Crippen LogP contribution in [0.2, 0.25) is 0 Å². The van der Waals surface area contributed by atoms with E-state index in [1.165, 1.54) is 0 Å². The van der Waals surface area contributed by atoms with Gasteiger partial charge in [-0.2, -0.15) is 0 Å². The third-order valence-corrected chi connectivity index (χ3v) is 4.89. The first-order valence-corrected chi connectivity index (χ1v) is 6.02. The molecule has 0 aromatic rings. The highest BCUT2D eigenvalue weighted by molar-refractivity contribution is 5.99. The molecule has 4 heteroatoms. The van der Waals surface area contributed by atoms with Crippen LogP contribution in [-0.4, -0.2) is 38.0 Å². The number of hydrogen-bond donors (Lipinski definition) is 0. The topological polar surface area (TPSA) is 44.8 Å². The van der Waals surface area contributed by atoms with Crippen molar-refractivity contribution in [1.29, 1.82) is 0 Å². The number of ketones is 1. The Kier molecular flexibility index (Phi) is 2.14. The van der Waals surface area contributed by atoms with Crippen LogP contribution < -0.4 is 0 Å². The SMILES string of the molecule is COC12C=C(C)C3C(COC3(OC)C1=O)C2C. The van der Waals surface area contributed by atoms with Crippen molar-refractivity contribution in [3.05, 3.63) is 11.6 Å². The molecule has 0 aromatic heterocycles. The predicted octanol–water partition coefficient (Wildman–Crippen LogP) is 1.16. The fourth-order valence-corrected chi connectivity index (χ4v) is 4.00. The van der Waals surface area contributed by atoms with Crippen LogP contribution in [0.1, 0.15) is 13.8 Å². The van der Waals surface area contributed by atoms with Gasteiger partial charge in [0.2, 0.25) is 11.6 Å². The zero-order valence-corrected chi connectivity index (χ0v) is 10.6. The number of carbonyl (C=O) groups excluding carboxylic acids is 1. The minimum atomic E-state index is -1.11. The molecule has 0 N–H and O–H groups in total. The van der Waals surface area contributed by atoms with Gasteiger partial charge in [0.05, 0.1) is 6.61 Å². The molecule has 5 atom stereocenters. The van der Waals surface area contributed by atoms with Crippen molar-refractivity contribution >= 4 is 5.78 Å². The van der Waals surface area contributed by atoms with E-state index in [1.807, 2.05) is 13.0 Å². The average Bonchev–Trinajstić information content (AvgIpc) is 2.71. The zero-order valence-electron chi connectivity index (χ0n) is 10.6. The Labute approximate surface area is 101 Å². The van der Waals surface area contributed by atoms with Gasteiger partial charge in [0, 0.05) is 32.0 Å². The van der Waals surface area contributed by atoms with Crippen molar-refractivity contribution in [2.45, 2.75) is 25.2 Å². The van der Waals surface area contributed by atoms with Crippen LogP contribution in [0.25, 0.3) is 0 Å². The molecule has 0 radical (unpaired) electrons. The summed E-state index contributed by atoms with van der Waals surface area (Å²) in [4.78, 5) is 12.7. The first kappa shape index (κ1) is 11.4. The fraction of sp³-hybridized carbons (Fsp3) is 0.769. The first-order valence-electron chi connectivity index (χ1n) is 6.02. The maximum Gasteiger partial charge on any atom is 0.239 e. The van der Waals surface area contributed by atoms with Gasteiger partial charge in [-0.3, -0.25) is 4.79 Å². The summed E-state index contributed by atoms with van der Waals surface area (Å²) in [5.74, 6) is -0.692. The molecule has 5 unspecified atom stereocenters. The lowest BCUT2D eigenvalue weighted by molar-refractivity contribution is -0.234. The van der Waals surface area contributed by atoms with Gasteiger partial charge < -0.3 is 14.2 Å². The van der Waals surface area contributed by atoms with Crippen LogP contribution in [0, 0.1) is 17.8 Å². The minimum Gasteiger partial charge on any atom is -0.366 e. The van der Waals surface area contributed by atoms with Gasteiger partial charge in [-0.15, -0.1) is 0 Å². The third-order valence-electron chi connectivity index (χ3n) is 4.89. The van der Waals surface area contributed by atoms with Gasteiger partial charge in [0.15, 0.2) is 5.60 Å². The van der Waals surface area contributed by atoms with E-state index in [4.69, 9.17) is 14.2 Å². The van der Waals surface area contributed by atoms with Crippen molar-refractivity contribution in [3.8, 4) is 0 Å². The quantitative estimate of drug-likeness (QED) is 0.677. The molecular weight excluding hydrogens is 220 g/mol. The van der Waals surface area contributed by atoms with E-state index in [-0.39, 0.29) is 17.6 Å². The van der Waals surface area contributed by atoms with Crippen LogP contribution >= 0.6 is 0 Å². The highest BCUT2D eigenvalue weighted by atomic mass is 16.7. The summed E-state index contributed by atoms with van der Waals surface area (Å²) in [6, 6.07) is 0. The monoisotopic (exact) mass is 238 g/mol. The molecule has 0 amide bonds. The van der Waals surface area contributed by atoms with Gasteiger partial charge in [-0.25, -0.2) is 0 Å². The molecular formula is C13H18O4. The molecule has 2 fully saturated rings. The van der Waals surface area contributed by atoms with Gasteiger partial charge in [0.25, 0.3) is 0 Å². The Hall–Kier alpha value is -0.710.